The molecule has 0 bridgehead atoms. The van der Waals surface area contributed by atoms with Crippen LogP contribution in [0.3, 0.4) is 0 Å². The molecule has 1 fully saturated rings. The van der Waals surface area contributed by atoms with Crippen molar-refractivity contribution < 1.29 is 23.9 Å². The van der Waals surface area contributed by atoms with Gasteiger partial charge in [-0.25, -0.2) is 4.79 Å². The number of amides is 2. The smallest absolute Gasteiger partial charge is 0.344 e. The molecule has 0 aliphatic carbocycles. The molecule has 3 rings (SSSR count). The molecule has 156 valence electrons. The van der Waals surface area contributed by atoms with Crippen LogP contribution >= 0.6 is 43.6 Å². The van der Waals surface area contributed by atoms with E-state index in [9.17, 15) is 14.4 Å². The third-order valence-corrected chi connectivity index (χ3v) is 5.97. The molecule has 0 N–H and O–H groups in total. The summed E-state index contributed by atoms with van der Waals surface area (Å²) in [5, 5.41) is -0.335. The number of ether oxygens (including phenoxy) is 2. The second-order valence-corrected chi connectivity index (χ2v) is 8.99. The van der Waals surface area contributed by atoms with E-state index in [1.54, 1.807) is 31.2 Å². The van der Waals surface area contributed by atoms with Gasteiger partial charge >= 0.3 is 5.97 Å². The molecule has 1 saturated heterocycles. The van der Waals surface area contributed by atoms with E-state index in [4.69, 9.17) is 9.47 Å². The minimum atomic E-state index is -0.485. The van der Waals surface area contributed by atoms with Gasteiger partial charge in [0.1, 0.15) is 5.75 Å². The molecule has 0 aromatic heterocycles. The first-order chi connectivity index (χ1) is 14.4. The van der Waals surface area contributed by atoms with Crippen molar-refractivity contribution in [1.29, 1.82) is 0 Å². The number of halogens is 2. The number of hydrogen-bond acceptors (Lipinski definition) is 6. The monoisotopic (exact) mass is 553 g/mol. The first kappa shape index (κ1) is 22.6. The Morgan fingerprint density at radius 3 is 2.50 bits per heavy atom. The number of thioether (sulfide) groups is 1. The molecule has 6 nitrogen and oxygen atoms in total. The van der Waals surface area contributed by atoms with Crippen LogP contribution in [-0.2, 0) is 20.9 Å². The largest absolute Gasteiger partial charge is 0.481 e. The van der Waals surface area contributed by atoms with Crippen LogP contribution in [0.25, 0.3) is 6.08 Å². The van der Waals surface area contributed by atoms with Crippen molar-refractivity contribution >= 4 is 66.8 Å². The summed E-state index contributed by atoms with van der Waals surface area (Å²) >= 11 is 7.63. The van der Waals surface area contributed by atoms with Gasteiger partial charge in [0.25, 0.3) is 11.1 Å². The van der Waals surface area contributed by atoms with Gasteiger partial charge in [-0.2, -0.15) is 0 Å². The normalized spacial score (nSPS) is 15.0. The number of rotatable bonds is 7. The summed E-state index contributed by atoms with van der Waals surface area (Å²) < 4.78 is 12.1. The van der Waals surface area contributed by atoms with Gasteiger partial charge in [-0.3, -0.25) is 14.5 Å². The van der Waals surface area contributed by atoms with Crippen LogP contribution in [0.4, 0.5) is 4.79 Å². The minimum absolute atomic E-state index is 0.194. The number of carbonyl (C=O) groups excluding carboxylic acids is 3. The van der Waals surface area contributed by atoms with Gasteiger partial charge in [0.05, 0.1) is 18.1 Å². The van der Waals surface area contributed by atoms with Crippen LogP contribution in [0, 0.1) is 0 Å². The Balaban J connectivity index is 1.80. The van der Waals surface area contributed by atoms with Crippen molar-refractivity contribution in [3.63, 3.8) is 0 Å². The van der Waals surface area contributed by atoms with Crippen LogP contribution in [-0.4, -0.2) is 35.2 Å². The van der Waals surface area contributed by atoms with E-state index >= 15 is 0 Å². The van der Waals surface area contributed by atoms with Gasteiger partial charge in [0.15, 0.2) is 6.61 Å². The predicted octanol–water partition coefficient (Wildman–Crippen LogP) is 5.39. The number of esters is 1. The van der Waals surface area contributed by atoms with Crippen LogP contribution in [0.2, 0.25) is 0 Å². The third kappa shape index (κ3) is 5.74. The van der Waals surface area contributed by atoms with Crippen molar-refractivity contribution in [2.24, 2.45) is 0 Å². The molecule has 1 heterocycles. The minimum Gasteiger partial charge on any atom is -0.481 e. The summed E-state index contributed by atoms with van der Waals surface area (Å²) in [4.78, 5) is 38.3. The molecule has 2 aromatic rings. The summed E-state index contributed by atoms with van der Waals surface area (Å²) in [5.41, 5.74) is 1.42. The number of carbonyl (C=O) groups is 3. The Bertz CT molecular complexity index is 1010. The third-order valence-electron chi connectivity index (χ3n) is 4.04. The molecular formula is C21H17Br2NO5S. The van der Waals surface area contributed by atoms with Crippen LogP contribution in [0.5, 0.6) is 5.75 Å². The summed E-state index contributed by atoms with van der Waals surface area (Å²) in [7, 11) is 0. The van der Waals surface area contributed by atoms with Crippen molar-refractivity contribution in [1.82, 2.24) is 4.90 Å². The van der Waals surface area contributed by atoms with Crippen molar-refractivity contribution in [3.8, 4) is 5.75 Å². The Morgan fingerprint density at radius 1 is 1.10 bits per heavy atom. The lowest BCUT2D eigenvalue weighted by Crippen LogP contribution is -2.27. The molecule has 0 radical (unpaired) electrons. The van der Waals surface area contributed by atoms with E-state index < -0.39 is 5.97 Å². The lowest BCUT2D eigenvalue weighted by atomic mass is 10.1. The lowest BCUT2D eigenvalue weighted by molar-refractivity contribution is -0.145. The highest BCUT2D eigenvalue weighted by molar-refractivity contribution is 9.10. The SMILES string of the molecule is CCOC(=O)COc1ccc(Br)cc1/C=C1\SC(=O)N(Cc2ccc(Br)cc2)C1=O. The molecule has 2 amide bonds. The maximum Gasteiger partial charge on any atom is 0.344 e. The summed E-state index contributed by atoms with van der Waals surface area (Å²) in [6.45, 7) is 1.93. The van der Waals surface area contributed by atoms with E-state index in [0.717, 1.165) is 26.3 Å². The van der Waals surface area contributed by atoms with Gasteiger partial charge in [-0.15, -0.1) is 0 Å². The first-order valence-electron chi connectivity index (χ1n) is 8.95. The molecule has 0 atom stereocenters. The van der Waals surface area contributed by atoms with Gasteiger partial charge in [-0.05, 0) is 60.7 Å². The molecular weight excluding hydrogens is 538 g/mol. The summed E-state index contributed by atoms with van der Waals surface area (Å²) in [5.74, 6) is -0.448. The molecule has 30 heavy (non-hydrogen) atoms. The van der Waals surface area contributed by atoms with E-state index in [1.807, 2.05) is 24.3 Å². The van der Waals surface area contributed by atoms with Crippen molar-refractivity contribution in [2.45, 2.75) is 13.5 Å². The number of nitrogens with zero attached hydrogens (tertiary/aromatic N) is 1. The van der Waals surface area contributed by atoms with Gasteiger partial charge in [-0.1, -0.05) is 44.0 Å². The number of hydrogen-bond donors (Lipinski definition) is 0. The maximum atomic E-state index is 12.8. The molecule has 1 aliphatic heterocycles. The molecule has 1 aliphatic rings. The Labute approximate surface area is 194 Å². The molecule has 9 heteroatoms. The fourth-order valence-corrected chi connectivity index (χ4v) is 4.13. The summed E-state index contributed by atoms with van der Waals surface area (Å²) in [6.07, 6.45) is 1.59. The fraction of sp³-hybridized carbons (Fsp3) is 0.190. The van der Waals surface area contributed by atoms with Gasteiger partial charge < -0.3 is 9.47 Å². The van der Waals surface area contributed by atoms with Gasteiger partial charge in [0, 0.05) is 14.5 Å². The average molecular weight is 555 g/mol. The second kappa shape index (κ2) is 10.3. The predicted molar refractivity (Wildman–Crippen MR) is 122 cm³/mol. The number of imide groups is 1. The highest BCUT2D eigenvalue weighted by atomic mass is 79.9. The molecule has 0 saturated carbocycles. The Hall–Kier alpha value is -2.10. The van der Waals surface area contributed by atoms with Crippen LogP contribution in [0.1, 0.15) is 18.1 Å². The van der Waals surface area contributed by atoms with E-state index in [1.165, 1.54) is 4.90 Å². The first-order valence-corrected chi connectivity index (χ1v) is 11.4. The zero-order valence-electron chi connectivity index (χ0n) is 15.9. The molecule has 0 unspecified atom stereocenters. The average Bonchev–Trinajstić information content (AvgIpc) is 2.96. The molecule has 2 aromatic carbocycles. The Kier molecular flexibility index (Phi) is 7.74. The Morgan fingerprint density at radius 2 is 1.80 bits per heavy atom. The lowest BCUT2D eigenvalue weighted by Gasteiger charge is -2.12. The van der Waals surface area contributed by atoms with Crippen LogP contribution < -0.4 is 4.74 Å². The van der Waals surface area contributed by atoms with Gasteiger partial charge in [0.2, 0.25) is 0 Å². The zero-order valence-corrected chi connectivity index (χ0v) is 19.9. The van der Waals surface area contributed by atoms with Crippen LogP contribution in [0.15, 0.2) is 56.3 Å². The van der Waals surface area contributed by atoms with Crippen molar-refractivity contribution in [2.75, 3.05) is 13.2 Å². The zero-order chi connectivity index (χ0) is 21.7. The van der Waals surface area contributed by atoms with E-state index in [-0.39, 0.29) is 35.8 Å². The fourth-order valence-electron chi connectivity index (χ4n) is 2.65. The highest BCUT2D eigenvalue weighted by Crippen LogP contribution is 2.35. The van der Waals surface area contributed by atoms with E-state index in [2.05, 4.69) is 31.9 Å². The van der Waals surface area contributed by atoms with Crippen molar-refractivity contribution in [3.05, 3.63) is 67.4 Å². The quantitative estimate of drug-likeness (QED) is 0.337. The highest BCUT2D eigenvalue weighted by Gasteiger charge is 2.35. The van der Waals surface area contributed by atoms with E-state index in [0.29, 0.717) is 11.3 Å². The topological polar surface area (TPSA) is 72.9 Å². The number of benzene rings is 2. The second-order valence-electron chi connectivity index (χ2n) is 6.17. The maximum absolute atomic E-state index is 12.8. The summed E-state index contributed by atoms with van der Waals surface area (Å²) in [6, 6.07) is 12.6. The standard InChI is InChI=1S/C21H17Br2NO5S/c1-2-28-19(25)12-29-17-8-7-16(23)9-14(17)10-18-20(26)24(21(27)30-18)11-13-3-5-15(22)6-4-13/h3-10H,2,11-12H2,1H3/b18-10-. The molecule has 0 spiro atoms.